The SMILES string of the molecule is CC1=N[C@H](C(=O)OCc2ccccc2)CC1.O=C(O)C(F)(F)F. The molecule has 0 fully saturated rings. The number of carboxylic acid groups (broad SMARTS) is 1. The lowest BCUT2D eigenvalue weighted by molar-refractivity contribution is -0.192. The number of halogens is 3. The lowest BCUT2D eigenvalue weighted by Crippen LogP contribution is -2.21. The van der Waals surface area contributed by atoms with Crippen LogP contribution in [0, 0.1) is 0 Å². The first-order valence-electron chi connectivity index (χ1n) is 6.74. The second-order valence-corrected chi connectivity index (χ2v) is 4.82. The zero-order valence-corrected chi connectivity index (χ0v) is 12.3. The van der Waals surface area contributed by atoms with E-state index in [0.29, 0.717) is 6.61 Å². The van der Waals surface area contributed by atoms with E-state index in [1.165, 1.54) is 0 Å². The summed E-state index contributed by atoms with van der Waals surface area (Å²) in [4.78, 5) is 24.8. The molecule has 0 radical (unpaired) electrons. The molecule has 1 N–H and O–H groups in total. The van der Waals surface area contributed by atoms with Crippen molar-refractivity contribution in [3.05, 3.63) is 35.9 Å². The zero-order valence-electron chi connectivity index (χ0n) is 12.3. The van der Waals surface area contributed by atoms with Crippen LogP contribution in [0.2, 0.25) is 0 Å². The molecule has 1 aromatic carbocycles. The van der Waals surface area contributed by atoms with Gasteiger partial charge in [0.05, 0.1) is 0 Å². The topological polar surface area (TPSA) is 76.0 Å². The van der Waals surface area contributed by atoms with Crippen LogP contribution in [-0.4, -0.2) is 35.0 Å². The van der Waals surface area contributed by atoms with Gasteiger partial charge in [0.2, 0.25) is 0 Å². The first kappa shape index (κ1) is 18.7. The van der Waals surface area contributed by atoms with Gasteiger partial charge in [-0.3, -0.25) is 4.99 Å². The molecule has 23 heavy (non-hydrogen) atoms. The number of alkyl halides is 3. The molecule has 1 heterocycles. The van der Waals surface area contributed by atoms with E-state index in [2.05, 4.69) is 4.99 Å². The second kappa shape index (κ2) is 8.30. The molecule has 0 amide bonds. The smallest absolute Gasteiger partial charge is 0.475 e. The third-order valence-electron chi connectivity index (χ3n) is 2.89. The summed E-state index contributed by atoms with van der Waals surface area (Å²) in [6.07, 6.45) is -3.38. The highest BCUT2D eigenvalue weighted by atomic mass is 19.4. The van der Waals surface area contributed by atoms with Crippen LogP contribution in [0.1, 0.15) is 25.3 Å². The molecule has 0 saturated carbocycles. The molecule has 1 aromatic rings. The first-order chi connectivity index (χ1) is 10.7. The van der Waals surface area contributed by atoms with E-state index in [1.807, 2.05) is 37.3 Å². The number of ether oxygens (including phenoxy) is 1. The van der Waals surface area contributed by atoms with Crippen LogP contribution < -0.4 is 0 Å². The van der Waals surface area contributed by atoms with Gasteiger partial charge in [-0.2, -0.15) is 13.2 Å². The number of carbonyl (C=O) groups excluding carboxylic acids is 1. The quantitative estimate of drug-likeness (QED) is 0.864. The number of carbonyl (C=O) groups is 2. The Morgan fingerprint density at radius 2 is 1.87 bits per heavy atom. The number of aliphatic carboxylic acids is 1. The normalized spacial score (nSPS) is 16.9. The first-order valence-corrected chi connectivity index (χ1v) is 6.74. The van der Waals surface area contributed by atoms with Crippen LogP contribution in [0.3, 0.4) is 0 Å². The predicted octanol–water partition coefficient (Wildman–Crippen LogP) is 2.99. The van der Waals surface area contributed by atoms with Crippen LogP contribution in [-0.2, 0) is 20.9 Å². The highest BCUT2D eigenvalue weighted by Crippen LogP contribution is 2.15. The Kier molecular flexibility index (Phi) is 6.74. The maximum atomic E-state index is 11.6. The Hall–Kier alpha value is -2.38. The van der Waals surface area contributed by atoms with Crippen molar-refractivity contribution in [1.82, 2.24) is 0 Å². The van der Waals surface area contributed by atoms with Crippen molar-refractivity contribution in [3.63, 3.8) is 0 Å². The van der Waals surface area contributed by atoms with Gasteiger partial charge in [-0.05, 0) is 25.3 Å². The number of aliphatic imine (C=N–C) groups is 1. The fraction of sp³-hybridized carbons (Fsp3) is 0.400. The van der Waals surface area contributed by atoms with E-state index >= 15 is 0 Å². The summed E-state index contributed by atoms with van der Waals surface area (Å²) in [5.41, 5.74) is 2.05. The maximum Gasteiger partial charge on any atom is 0.490 e. The van der Waals surface area contributed by atoms with Crippen LogP contribution in [0.4, 0.5) is 13.2 Å². The number of hydrogen-bond donors (Lipinski definition) is 1. The third kappa shape index (κ3) is 6.94. The van der Waals surface area contributed by atoms with Crippen molar-refractivity contribution in [3.8, 4) is 0 Å². The van der Waals surface area contributed by atoms with Crippen molar-refractivity contribution >= 4 is 17.7 Å². The highest BCUT2D eigenvalue weighted by molar-refractivity contribution is 5.89. The van der Waals surface area contributed by atoms with Crippen molar-refractivity contribution in [2.24, 2.45) is 4.99 Å². The lowest BCUT2D eigenvalue weighted by Gasteiger charge is -2.07. The Labute approximate surface area is 130 Å². The van der Waals surface area contributed by atoms with Crippen LogP contribution in [0.25, 0.3) is 0 Å². The van der Waals surface area contributed by atoms with Crippen LogP contribution >= 0.6 is 0 Å². The van der Waals surface area contributed by atoms with Gasteiger partial charge in [0, 0.05) is 5.71 Å². The lowest BCUT2D eigenvalue weighted by atomic mass is 10.2. The van der Waals surface area contributed by atoms with Crippen molar-refractivity contribution in [2.75, 3.05) is 0 Å². The summed E-state index contributed by atoms with van der Waals surface area (Å²) in [5, 5.41) is 7.12. The van der Waals surface area contributed by atoms with Gasteiger partial charge in [0.15, 0.2) is 0 Å². The van der Waals surface area contributed by atoms with Crippen LogP contribution in [0.15, 0.2) is 35.3 Å². The number of carboxylic acids is 1. The minimum atomic E-state index is -5.08. The minimum absolute atomic E-state index is 0.208. The van der Waals surface area contributed by atoms with E-state index in [4.69, 9.17) is 14.6 Å². The fourth-order valence-electron chi connectivity index (χ4n) is 1.74. The summed E-state index contributed by atoms with van der Waals surface area (Å²) < 4.78 is 37.0. The third-order valence-corrected chi connectivity index (χ3v) is 2.89. The molecule has 0 unspecified atom stereocenters. The average molecular weight is 331 g/mol. The Morgan fingerprint density at radius 1 is 1.30 bits per heavy atom. The Morgan fingerprint density at radius 3 is 2.30 bits per heavy atom. The van der Waals surface area contributed by atoms with Gasteiger partial charge < -0.3 is 9.84 Å². The van der Waals surface area contributed by atoms with Gasteiger partial charge in [-0.25, -0.2) is 9.59 Å². The molecule has 126 valence electrons. The van der Waals surface area contributed by atoms with Gasteiger partial charge in [-0.15, -0.1) is 0 Å². The predicted molar refractivity (Wildman–Crippen MR) is 76.1 cm³/mol. The molecule has 1 aliphatic rings. The second-order valence-electron chi connectivity index (χ2n) is 4.82. The molecule has 0 bridgehead atoms. The number of hydrogen-bond acceptors (Lipinski definition) is 4. The fourth-order valence-corrected chi connectivity index (χ4v) is 1.74. The zero-order chi connectivity index (χ0) is 17.5. The Bertz CT molecular complexity index is 570. The van der Waals surface area contributed by atoms with Crippen LogP contribution in [0.5, 0.6) is 0 Å². The molecule has 1 aliphatic heterocycles. The van der Waals surface area contributed by atoms with Crippen molar-refractivity contribution < 1.29 is 32.6 Å². The number of benzene rings is 1. The molecule has 0 spiro atoms. The number of esters is 1. The highest BCUT2D eigenvalue weighted by Gasteiger charge is 2.38. The standard InChI is InChI=1S/C13H15NO2.C2HF3O2/c1-10-7-8-12(14-10)13(15)16-9-11-5-3-2-4-6-11;3-2(4,5)1(6)7/h2-6,12H,7-9H2,1H3;(H,6,7)/t12-;/m0./s1. The van der Waals surface area contributed by atoms with Crippen molar-refractivity contribution in [1.29, 1.82) is 0 Å². The van der Waals surface area contributed by atoms with Gasteiger partial charge >= 0.3 is 18.1 Å². The summed E-state index contributed by atoms with van der Waals surface area (Å²) in [7, 11) is 0. The summed E-state index contributed by atoms with van der Waals surface area (Å²) >= 11 is 0. The van der Waals surface area contributed by atoms with E-state index < -0.39 is 12.1 Å². The van der Waals surface area contributed by atoms with E-state index in [-0.39, 0.29) is 12.0 Å². The molecule has 8 heteroatoms. The van der Waals surface area contributed by atoms with Crippen molar-refractivity contribution in [2.45, 2.75) is 38.6 Å². The molecule has 2 rings (SSSR count). The summed E-state index contributed by atoms with van der Waals surface area (Å²) in [6, 6.07) is 9.41. The van der Waals surface area contributed by atoms with E-state index in [0.717, 1.165) is 24.1 Å². The van der Waals surface area contributed by atoms with Gasteiger partial charge in [0.25, 0.3) is 0 Å². The molecule has 0 saturated heterocycles. The van der Waals surface area contributed by atoms with Gasteiger partial charge in [0.1, 0.15) is 12.6 Å². The molecule has 0 aliphatic carbocycles. The molecular weight excluding hydrogens is 315 g/mol. The number of rotatable bonds is 3. The molecule has 1 atom stereocenters. The summed E-state index contributed by atoms with van der Waals surface area (Å²) in [6.45, 7) is 2.29. The van der Waals surface area contributed by atoms with Gasteiger partial charge in [-0.1, -0.05) is 30.3 Å². The van der Waals surface area contributed by atoms with E-state index in [9.17, 15) is 18.0 Å². The Balaban J connectivity index is 0.000000322. The summed E-state index contributed by atoms with van der Waals surface area (Å²) in [5.74, 6) is -2.96. The number of nitrogens with zero attached hydrogens (tertiary/aromatic N) is 1. The monoisotopic (exact) mass is 331 g/mol. The van der Waals surface area contributed by atoms with E-state index in [1.54, 1.807) is 0 Å². The average Bonchev–Trinajstić information content (AvgIpc) is 2.92. The largest absolute Gasteiger partial charge is 0.490 e. The molecular formula is C15H16F3NO4. The molecule has 5 nitrogen and oxygen atoms in total. The maximum absolute atomic E-state index is 11.6. The molecule has 0 aromatic heterocycles. The minimum Gasteiger partial charge on any atom is -0.475 e.